The molecule has 0 N–H and O–H groups in total. The van der Waals surface area contributed by atoms with E-state index in [0.29, 0.717) is 61.5 Å². The highest BCUT2D eigenvalue weighted by Gasteiger charge is 2.29. The zero-order valence-corrected chi connectivity index (χ0v) is 19.1. The van der Waals surface area contributed by atoms with E-state index < -0.39 is 0 Å². The molecule has 0 bridgehead atoms. The molecule has 30 heavy (non-hydrogen) atoms. The van der Waals surface area contributed by atoms with Gasteiger partial charge in [0.05, 0.1) is 17.8 Å². The van der Waals surface area contributed by atoms with Crippen molar-refractivity contribution in [2.75, 3.05) is 26.2 Å². The third-order valence-electron chi connectivity index (χ3n) is 5.59. The lowest BCUT2D eigenvalue weighted by Gasteiger charge is -2.35. The lowest BCUT2D eigenvalue weighted by molar-refractivity contribution is -0.132. The largest absolute Gasteiger partial charge is 0.339 e. The fourth-order valence-corrected chi connectivity index (χ4v) is 3.97. The molecule has 6 nitrogen and oxygen atoms in total. The van der Waals surface area contributed by atoms with Crippen LogP contribution in [0.4, 0.5) is 0 Å². The van der Waals surface area contributed by atoms with Crippen LogP contribution >= 0.6 is 11.6 Å². The zero-order chi connectivity index (χ0) is 21.8. The first-order valence-electron chi connectivity index (χ1n) is 10.6. The number of nitrogens with zero attached hydrogens (tertiary/aromatic N) is 4. The molecule has 1 aliphatic heterocycles. The first kappa shape index (κ1) is 22.3. The van der Waals surface area contributed by atoms with Gasteiger partial charge in [-0.3, -0.25) is 9.59 Å². The number of rotatable bonds is 6. The van der Waals surface area contributed by atoms with Gasteiger partial charge in [0.1, 0.15) is 5.15 Å². The summed E-state index contributed by atoms with van der Waals surface area (Å²) in [4.78, 5) is 29.1. The molecule has 2 amide bonds. The summed E-state index contributed by atoms with van der Waals surface area (Å²) in [7, 11) is 0. The Kier molecular flexibility index (Phi) is 7.19. The molecule has 2 aromatic rings. The van der Waals surface area contributed by atoms with Crippen molar-refractivity contribution >= 4 is 23.4 Å². The van der Waals surface area contributed by atoms with Crippen LogP contribution in [-0.2, 0) is 11.3 Å². The Morgan fingerprint density at radius 3 is 2.23 bits per heavy atom. The number of amides is 2. The van der Waals surface area contributed by atoms with Crippen LogP contribution in [0.5, 0.6) is 0 Å². The number of hydrogen-bond donors (Lipinski definition) is 0. The van der Waals surface area contributed by atoms with Gasteiger partial charge in [0, 0.05) is 32.6 Å². The Morgan fingerprint density at radius 2 is 1.63 bits per heavy atom. The van der Waals surface area contributed by atoms with Crippen LogP contribution < -0.4 is 0 Å². The van der Waals surface area contributed by atoms with Crippen LogP contribution in [0, 0.1) is 19.8 Å². The summed E-state index contributed by atoms with van der Waals surface area (Å²) in [5.41, 5.74) is 3.37. The van der Waals surface area contributed by atoms with E-state index in [-0.39, 0.29) is 11.8 Å². The number of benzene rings is 1. The van der Waals surface area contributed by atoms with E-state index in [2.05, 4.69) is 18.9 Å². The molecule has 0 saturated carbocycles. The molecule has 2 heterocycles. The zero-order valence-electron chi connectivity index (χ0n) is 18.3. The highest BCUT2D eigenvalue weighted by molar-refractivity contribution is 6.33. The molecule has 0 aliphatic carbocycles. The summed E-state index contributed by atoms with van der Waals surface area (Å²) < 4.78 is 1.68. The van der Waals surface area contributed by atoms with Crippen LogP contribution in [-0.4, -0.2) is 57.6 Å². The smallest absolute Gasteiger partial charge is 0.259 e. The van der Waals surface area contributed by atoms with Crippen molar-refractivity contribution in [2.24, 2.45) is 5.92 Å². The van der Waals surface area contributed by atoms with E-state index in [9.17, 15) is 9.59 Å². The molecular weight excluding hydrogens is 400 g/mol. The lowest BCUT2D eigenvalue weighted by Crippen LogP contribution is -2.50. The van der Waals surface area contributed by atoms with Gasteiger partial charge in [-0.25, -0.2) is 4.68 Å². The number of aryl methyl sites for hydroxylation is 2. The predicted molar refractivity (Wildman–Crippen MR) is 119 cm³/mol. The average molecular weight is 431 g/mol. The maximum atomic E-state index is 13.1. The maximum Gasteiger partial charge on any atom is 0.259 e. The van der Waals surface area contributed by atoms with E-state index in [0.717, 1.165) is 12.0 Å². The molecule has 1 aromatic heterocycles. The monoisotopic (exact) mass is 430 g/mol. The molecule has 7 heteroatoms. The minimum atomic E-state index is -0.109. The fourth-order valence-electron chi connectivity index (χ4n) is 3.65. The fraction of sp³-hybridized carbons (Fsp3) is 0.522. The topological polar surface area (TPSA) is 58.4 Å². The van der Waals surface area contributed by atoms with Crippen molar-refractivity contribution in [3.05, 3.63) is 51.8 Å². The standard InChI is InChI=1S/C23H31ClN4O2/c1-16(2)5-10-20(29)26-11-13-27(14-12-26)23(30)21-18(4)25-28(22(21)24)15-19-8-6-17(3)7-9-19/h6-9,16H,5,10-15H2,1-4H3. The number of aromatic nitrogens is 2. The van der Waals surface area contributed by atoms with Crippen LogP contribution in [0.15, 0.2) is 24.3 Å². The molecular formula is C23H31ClN4O2. The Labute approximate surface area is 183 Å². The molecule has 1 fully saturated rings. The highest BCUT2D eigenvalue weighted by Crippen LogP contribution is 2.23. The predicted octanol–water partition coefficient (Wildman–Crippen LogP) is 3.92. The number of carbonyl (C=O) groups is 2. The van der Waals surface area contributed by atoms with E-state index in [1.807, 2.05) is 43.0 Å². The molecule has 0 spiro atoms. The van der Waals surface area contributed by atoms with Crippen LogP contribution in [0.1, 0.15) is 53.9 Å². The van der Waals surface area contributed by atoms with Crippen molar-refractivity contribution in [3.8, 4) is 0 Å². The Balaban J connectivity index is 1.64. The van der Waals surface area contributed by atoms with Crippen molar-refractivity contribution in [1.82, 2.24) is 19.6 Å². The number of carbonyl (C=O) groups excluding carboxylic acids is 2. The summed E-state index contributed by atoms with van der Waals surface area (Å²) in [6.07, 6.45) is 1.47. The van der Waals surface area contributed by atoms with Gasteiger partial charge in [-0.2, -0.15) is 5.10 Å². The molecule has 1 aliphatic rings. The number of piperazine rings is 1. The summed E-state index contributed by atoms with van der Waals surface area (Å²) in [5, 5.41) is 4.87. The molecule has 0 atom stereocenters. The van der Waals surface area contributed by atoms with Gasteiger partial charge in [-0.05, 0) is 31.7 Å². The van der Waals surface area contributed by atoms with Crippen molar-refractivity contribution in [3.63, 3.8) is 0 Å². The molecule has 1 saturated heterocycles. The van der Waals surface area contributed by atoms with Gasteiger partial charge < -0.3 is 9.80 Å². The lowest BCUT2D eigenvalue weighted by atomic mass is 10.1. The van der Waals surface area contributed by atoms with Gasteiger partial charge in [0.15, 0.2) is 0 Å². The Hall–Kier alpha value is -2.34. The van der Waals surface area contributed by atoms with Gasteiger partial charge in [-0.15, -0.1) is 0 Å². The van der Waals surface area contributed by atoms with Gasteiger partial charge >= 0.3 is 0 Å². The second-order valence-corrected chi connectivity index (χ2v) is 8.86. The van der Waals surface area contributed by atoms with E-state index in [4.69, 9.17) is 11.6 Å². The molecule has 3 rings (SSSR count). The second kappa shape index (κ2) is 9.65. The Bertz CT molecular complexity index is 897. The van der Waals surface area contributed by atoms with Gasteiger partial charge in [0.25, 0.3) is 5.91 Å². The van der Waals surface area contributed by atoms with Crippen molar-refractivity contribution in [1.29, 1.82) is 0 Å². The summed E-state index contributed by atoms with van der Waals surface area (Å²) in [5.74, 6) is 0.580. The summed E-state index contributed by atoms with van der Waals surface area (Å²) in [6, 6.07) is 8.18. The number of hydrogen-bond acceptors (Lipinski definition) is 3. The minimum Gasteiger partial charge on any atom is -0.339 e. The molecule has 162 valence electrons. The third-order valence-corrected chi connectivity index (χ3v) is 5.97. The van der Waals surface area contributed by atoms with Gasteiger partial charge in [-0.1, -0.05) is 55.3 Å². The van der Waals surface area contributed by atoms with E-state index in [1.54, 1.807) is 9.58 Å². The van der Waals surface area contributed by atoms with E-state index >= 15 is 0 Å². The first-order valence-corrected chi connectivity index (χ1v) is 11.0. The summed E-state index contributed by atoms with van der Waals surface area (Å²) >= 11 is 6.56. The number of halogens is 1. The SMILES string of the molecule is Cc1ccc(Cn2nc(C)c(C(=O)N3CCN(C(=O)CCC(C)C)CC3)c2Cl)cc1. The third kappa shape index (κ3) is 5.22. The van der Waals surface area contributed by atoms with Crippen LogP contribution in [0.2, 0.25) is 5.15 Å². The van der Waals surface area contributed by atoms with E-state index in [1.165, 1.54) is 5.56 Å². The highest BCUT2D eigenvalue weighted by atomic mass is 35.5. The second-order valence-electron chi connectivity index (χ2n) is 8.50. The van der Waals surface area contributed by atoms with Crippen LogP contribution in [0.25, 0.3) is 0 Å². The molecule has 0 unspecified atom stereocenters. The summed E-state index contributed by atoms with van der Waals surface area (Å²) in [6.45, 7) is 10.8. The van der Waals surface area contributed by atoms with Crippen LogP contribution in [0.3, 0.4) is 0 Å². The van der Waals surface area contributed by atoms with Crippen molar-refractivity contribution in [2.45, 2.75) is 47.1 Å². The first-order chi connectivity index (χ1) is 14.3. The van der Waals surface area contributed by atoms with Gasteiger partial charge in [0.2, 0.25) is 5.91 Å². The normalized spacial score (nSPS) is 14.5. The maximum absolute atomic E-state index is 13.1. The Morgan fingerprint density at radius 1 is 1.03 bits per heavy atom. The molecule has 1 aromatic carbocycles. The molecule has 0 radical (unpaired) electrons. The van der Waals surface area contributed by atoms with Crippen molar-refractivity contribution < 1.29 is 9.59 Å². The quantitative estimate of drug-likeness (QED) is 0.697. The average Bonchev–Trinajstić information content (AvgIpc) is 3.00. The minimum absolute atomic E-state index is 0.109.